The zero-order valence-electron chi connectivity index (χ0n) is 15.6. The lowest BCUT2D eigenvalue weighted by atomic mass is 10.1. The van der Waals surface area contributed by atoms with E-state index in [4.69, 9.17) is 4.42 Å². The molecule has 0 saturated heterocycles. The summed E-state index contributed by atoms with van der Waals surface area (Å²) in [4.78, 5) is 4.41. The maximum atomic E-state index is 12.2. The van der Waals surface area contributed by atoms with Crippen LogP contribution in [0.2, 0.25) is 0 Å². The predicted molar refractivity (Wildman–Crippen MR) is 107 cm³/mol. The molecule has 1 heterocycles. The fourth-order valence-electron chi connectivity index (χ4n) is 2.36. The number of rotatable bonds is 11. The first-order valence-electron chi connectivity index (χ1n) is 8.85. The van der Waals surface area contributed by atoms with Crippen molar-refractivity contribution in [2.75, 3.05) is 31.6 Å². The van der Waals surface area contributed by atoms with Crippen molar-refractivity contribution in [3.05, 3.63) is 54.0 Å². The highest BCUT2D eigenvalue weighted by Crippen LogP contribution is 2.19. The third-order valence-electron chi connectivity index (χ3n) is 3.75. The molecule has 0 aliphatic carbocycles. The molecule has 1 atom stereocenters. The summed E-state index contributed by atoms with van der Waals surface area (Å²) in [5, 5.41) is 16.7. The van der Waals surface area contributed by atoms with E-state index in [9.17, 15) is 13.9 Å². The van der Waals surface area contributed by atoms with Crippen LogP contribution >= 0.6 is 11.8 Å². The molecule has 0 saturated carbocycles. The van der Waals surface area contributed by atoms with E-state index in [2.05, 4.69) is 20.4 Å². The van der Waals surface area contributed by atoms with Gasteiger partial charge in [-0.25, -0.2) is 0 Å². The van der Waals surface area contributed by atoms with E-state index in [0.717, 1.165) is 18.1 Å². The Hall–Kier alpha value is -2.26. The molecule has 0 radical (unpaired) electrons. The molecule has 9 heteroatoms. The molecule has 0 bridgehead atoms. The second kappa shape index (κ2) is 12.2. The topological polar surface area (TPSA) is 79.0 Å². The average Bonchev–Trinajstić information content (AvgIpc) is 3.19. The zero-order valence-corrected chi connectivity index (χ0v) is 16.4. The quantitative estimate of drug-likeness (QED) is 0.299. The van der Waals surface area contributed by atoms with Crippen molar-refractivity contribution < 1.29 is 23.0 Å². The maximum absolute atomic E-state index is 12.2. The number of nitrogens with one attached hydrogen (secondary N) is 2. The predicted octanol–water partition coefficient (Wildman–Crippen LogP) is 3.06. The molecule has 0 aliphatic heterocycles. The molecule has 0 spiro atoms. The van der Waals surface area contributed by atoms with Crippen LogP contribution in [-0.2, 0) is 6.42 Å². The maximum Gasteiger partial charge on any atom is 0.387 e. The van der Waals surface area contributed by atoms with Crippen molar-refractivity contribution in [3.8, 4) is 5.75 Å². The summed E-state index contributed by atoms with van der Waals surface area (Å²) in [5.74, 6) is 2.44. The van der Waals surface area contributed by atoms with Gasteiger partial charge in [0.05, 0.1) is 18.9 Å². The second-order valence-electron chi connectivity index (χ2n) is 5.83. The van der Waals surface area contributed by atoms with E-state index >= 15 is 0 Å². The van der Waals surface area contributed by atoms with Crippen LogP contribution in [0.1, 0.15) is 17.4 Å². The van der Waals surface area contributed by atoms with Crippen molar-refractivity contribution in [2.45, 2.75) is 19.1 Å². The summed E-state index contributed by atoms with van der Waals surface area (Å²) in [6, 6.07) is 9.63. The Morgan fingerprint density at radius 3 is 2.61 bits per heavy atom. The summed E-state index contributed by atoms with van der Waals surface area (Å²) < 4.78 is 34.0. The number of thioether (sulfide) groups is 1. The fourth-order valence-corrected chi connectivity index (χ4v) is 2.67. The molecule has 0 aliphatic rings. The van der Waals surface area contributed by atoms with Crippen LogP contribution in [0, 0.1) is 0 Å². The Morgan fingerprint density at radius 1 is 1.21 bits per heavy atom. The van der Waals surface area contributed by atoms with Gasteiger partial charge in [-0.3, -0.25) is 4.99 Å². The van der Waals surface area contributed by atoms with E-state index in [-0.39, 0.29) is 12.3 Å². The average molecular weight is 413 g/mol. The summed E-state index contributed by atoms with van der Waals surface area (Å²) >= 11 is 1.72. The molecule has 3 N–H and O–H groups in total. The number of hydrogen-bond acceptors (Lipinski definition) is 5. The number of hydrogen-bond donors (Lipinski definition) is 3. The number of halogens is 2. The van der Waals surface area contributed by atoms with Crippen LogP contribution in [0.3, 0.4) is 0 Å². The number of guanidine groups is 1. The van der Waals surface area contributed by atoms with Gasteiger partial charge in [0.25, 0.3) is 0 Å². The number of benzene rings is 1. The van der Waals surface area contributed by atoms with Crippen molar-refractivity contribution in [1.29, 1.82) is 0 Å². The highest BCUT2D eigenvalue weighted by Gasteiger charge is 2.10. The number of aliphatic imine (C=N–C) groups is 1. The van der Waals surface area contributed by atoms with Gasteiger partial charge in [0, 0.05) is 25.3 Å². The minimum atomic E-state index is -2.87. The van der Waals surface area contributed by atoms with Gasteiger partial charge in [0.1, 0.15) is 11.5 Å². The van der Waals surface area contributed by atoms with Gasteiger partial charge in [-0.05, 0) is 36.1 Å². The lowest BCUT2D eigenvalue weighted by Gasteiger charge is -2.14. The number of aliphatic hydroxyl groups excluding tert-OH is 1. The third kappa shape index (κ3) is 8.18. The second-order valence-corrected chi connectivity index (χ2v) is 6.81. The number of furan rings is 1. The molecule has 1 aromatic heterocycles. The molecule has 6 nitrogen and oxygen atoms in total. The lowest BCUT2D eigenvalue weighted by molar-refractivity contribution is -0.0498. The summed E-state index contributed by atoms with van der Waals surface area (Å²) in [7, 11) is 0. The van der Waals surface area contributed by atoms with E-state index < -0.39 is 12.7 Å². The SMILES string of the molecule is CSCCNC(=NCC(O)c1ccc(OC(F)F)cc1)NCCc1ccco1. The van der Waals surface area contributed by atoms with Crippen molar-refractivity contribution in [1.82, 2.24) is 10.6 Å². The summed E-state index contributed by atoms with van der Waals surface area (Å²) in [5.41, 5.74) is 0.574. The van der Waals surface area contributed by atoms with Crippen molar-refractivity contribution in [2.24, 2.45) is 4.99 Å². The van der Waals surface area contributed by atoms with Gasteiger partial charge in [-0.1, -0.05) is 12.1 Å². The minimum Gasteiger partial charge on any atom is -0.469 e. The van der Waals surface area contributed by atoms with Gasteiger partial charge in [-0.2, -0.15) is 20.5 Å². The number of alkyl halides is 2. The first kappa shape index (κ1) is 22.0. The standard InChI is InChI=1S/C19H25F2N3O3S/c1-28-12-10-23-19(22-9-8-15-3-2-11-26-15)24-13-17(25)14-4-6-16(7-5-14)27-18(20)21/h2-7,11,17-18,25H,8-10,12-13H2,1H3,(H2,22,23,24). The third-order valence-corrected chi connectivity index (χ3v) is 4.37. The Kier molecular flexibility index (Phi) is 9.64. The van der Waals surface area contributed by atoms with Gasteiger partial charge < -0.3 is 24.9 Å². The van der Waals surface area contributed by atoms with Gasteiger partial charge in [-0.15, -0.1) is 0 Å². The van der Waals surface area contributed by atoms with Gasteiger partial charge >= 0.3 is 6.61 Å². The van der Waals surface area contributed by atoms with Gasteiger partial charge in [0.15, 0.2) is 5.96 Å². The molecule has 0 amide bonds. The van der Waals surface area contributed by atoms with Crippen LogP contribution in [0.25, 0.3) is 0 Å². The Balaban J connectivity index is 1.89. The van der Waals surface area contributed by atoms with Crippen LogP contribution in [-0.4, -0.2) is 49.3 Å². The number of nitrogens with zero attached hydrogens (tertiary/aromatic N) is 1. The summed E-state index contributed by atoms with van der Waals surface area (Å²) in [6.45, 7) is -1.37. The molecular formula is C19H25F2N3O3S. The molecule has 2 rings (SSSR count). The normalized spacial score (nSPS) is 12.8. The molecule has 1 aromatic carbocycles. The molecule has 0 fully saturated rings. The van der Waals surface area contributed by atoms with E-state index in [1.165, 1.54) is 12.1 Å². The monoisotopic (exact) mass is 413 g/mol. The molecule has 154 valence electrons. The minimum absolute atomic E-state index is 0.0495. The van der Waals surface area contributed by atoms with Crippen molar-refractivity contribution in [3.63, 3.8) is 0 Å². The lowest BCUT2D eigenvalue weighted by Crippen LogP contribution is -2.39. The first-order valence-corrected chi connectivity index (χ1v) is 10.2. The first-order chi connectivity index (χ1) is 13.6. The molecule has 1 unspecified atom stereocenters. The number of aliphatic hydroxyl groups is 1. The van der Waals surface area contributed by atoms with E-state index in [1.807, 2.05) is 18.4 Å². The molecule has 28 heavy (non-hydrogen) atoms. The van der Waals surface area contributed by atoms with Crippen LogP contribution < -0.4 is 15.4 Å². The Bertz CT molecular complexity index is 697. The summed E-state index contributed by atoms with van der Waals surface area (Å²) in [6.07, 6.45) is 3.51. The van der Waals surface area contributed by atoms with E-state index in [0.29, 0.717) is 24.5 Å². The number of ether oxygens (including phenoxy) is 1. The largest absolute Gasteiger partial charge is 0.469 e. The molecule has 2 aromatic rings. The fraction of sp³-hybridized carbons (Fsp3) is 0.421. The van der Waals surface area contributed by atoms with Crippen LogP contribution in [0.4, 0.5) is 8.78 Å². The van der Waals surface area contributed by atoms with Gasteiger partial charge in [0.2, 0.25) is 0 Å². The zero-order chi connectivity index (χ0) is 20.2. The Morgan fingerprint density at radius 2 is 1.96 bits per heavy atom. The van der Waals surface area contributed by atoms with Crippen LogP contribution in [0.15, 0.2) is 52.1 Å². The smallest absolute Gasteiger partial charge is 0.387 e. The van der Waals surface area contributed by atoms with Crippen molar-refractivity contribution >= 4 is 17.7 Å². The van der Waals surface area contributed by atoms with Crippen LogP contribution in [0.5, 0.6) is 5.75 Å². The molecular weight excluding hydrogens is 388 g/mol. The highest BCUT2D eigenvalue weighted by atomic mass is 32.2. The highest BCUT2D eigenvalue weighted by molar-refractivity contribution is 7.98. The Labute approximate surface area is 167 Å². The van der Waals surface area contributed by atoms with E-state index in [1.54, 1.807) is 30.2 Å².